The quantitative estimate of drug-likeness (QED) is 0.570. The molecule has 0 amide bonds. The lowest BCUT2D eigenvalue weighted by Crippen LogP contribution is -1.98. The van der Waals surface area contributed by atoms with Crippen LogP contribution in [0.2, 0.25) is 0 Å². The van der Waals surface area contributed by atoms with Gasteiger partial charge in [0.15, 0.2) is 0 Å². The summed E-state index contributed by atoms with van der Waals surface area (Å²) in [7, 11) is 0. The van der Waals surface area contributed by atoms with E-state index < -0.39 is 6.67 Å². The fourth-order valence-electron chi connectivity index (χ4n) is 2.61. The van der Waals surface area contributed by atoms with Crippen molar-refractivity contribution in [3.63, 3.8) is 0 Å². The zero-order valence-corrected chi connectivity index (χ0v) is 11.5. The molecule has 20 heavy (non-hydrogen) atoms. The lowest BCUT2D eigenvalue weighted by Gasteiger charge is -2.03. The largest absolute Gasteiger partial charge is 0.491 e. The van der Waals surface area contributed by atoms with Crippen molar-refractivity contribution in [3.8, 4) is 5.75 Å². The molecule has 0 aliphatic carbocycles. The van der Waals surface area contributed by atoms with Crippen molar-refractivity contribution in [3.05, 3.63) is 42.5 Å². The molecule has 0 spiro atoms. The molecule has 0 fully saturated rings. The Morgan fingerprint density at radius 3 is 2.90 bits per heavy atom. The minimum absolute atomic E-state index is 0.101. The second-order valence-electron chi connectivity index (χ2n) is 4.67. The molecule has 0 aliphatic rings. The van der Waals surface area contributed by atoms with Gasteiger partial charge in [0.25, 0.3) is 0 Å². The van der Waals surface area contributed by atoms with E-state index >= 15 is 0 Å². The standard InChI is InChI=1S/C16H12FNOS/c17-7-8-19-10-5-6-11-13(9-10)18-16-15(11)12-3-1-2-4-14(12)20-16/h1-6,9,18H,7-8H2. The number of benzene rings is 2. The third kappa shape index (κ3) is 1.68. The van der Waals surface area contributed by atoms with Crippen LogP contribution in [0, 0.1) is 0 Å². The van der Waals surface area contributed by atoms with Crippen LogP contribution in [0.3, 0.4) is 0 Å². The molecule has 0 bridgehead atoms. The molecular weight excluding hydrogens is 273 g/mol. The number of fused-ring (bicyclic) bond motifs is 5. The normalized spacial score (nSPS) is 11.7. The second kappa shape index (κ2) is 4.49. The van der Waals surface area contributed by atoms with Crippen LogP contribution in [0.4, 0.5) is 4.39 Å². The van der Waals surface area contributed by atoms with Crippen molar-refractivity contribution in [2.75, 3.05) is 13.3 Å². The topological polar surface area (TPSA) is 25.0 Å². The van der Waals surface area contributed by atoms with Gasteiger partial charge in [0, 0.05) is 26.9 Å². The van der Waals surface area contributed by atoms with Crippen molar-refractivity contribution in [1.82, 2.24) is 4.98 Å². The summed E-state index contributed by atoms with van der Waals surface area (Å²) in [6.45, 7) is -0.369. The van der Waals surface area contributed by atoms with Gasteiger partial charge >= 0.3 is 0 Å². The summed E-state index contributed by atoms with van der Waals surface area (Å²) in [5.74, 6) is 0.702. The van der Waals surface area contributed by atoms with E-state index in [0.717, 1.165) is 5.52 Å². The number of thiophene rings is 1. The smallest absolute Gasteiger partial charge is 0.123 e. The summed E-state index contributed by atoms with van der Waals surface area (Å²) in [5, 5.41) is 3.72. The van der Waals surface area contributed by atoms with Crippen molar-refractivity contribution >= 4 is 42.5 Å². The zero-order chi connectivity index (χ0) is 13.5. The van der Waals surface area contributed by atoms with Gasteiger partial charge in [-0.1, -0.05) is 18.2 Å². The summed E-state index contributed by atoms with van der Waals surface area (Å²) in [6, 6.07) is 14.3. The van der Waals surface area contributed by atoms with Gasteiger partial charge in [0.1, 0.15) is 23.9 Å². The summed E-state index contributed by atoms with van der Waals surface area (Å²) in [6.07, 6.45) is 0. The number of aromatic amines is 1. The highest BCUT2D eigenvalue weighted by Crippen LogP contribution is 2.39. The van der Waals surface area contributed by atoms with E-state index in [9.17, 15) is 4.39 Å². The maximum absolute atomic E-state index is 12.2. The molecule has 0 saturated carbocycles. The molecule has 4 aromatic rings. The molecule has 0 radical (unpaired) electrons. The van der Waals surface area contributed by atoms with Crippen molar-refractivity contribution < 1.29 is 9.13 Å². The molecule has 4 rings (SSSR count). The van der Waals surface area contributed by atoms with Gasteiger partial charge in [0.2, 0.25) is 0 Å². The van der Waals surface area contributed by atoms with Gasteiger partial charge in [-0.25, -0.2) is 4.39 Å². The molecule has 0 saturated heterocycles. The highest BCUT2D eigenvalue weighted by Gasteiger charge is 2.11. The molecule has 2 aromatic carbocycles. The van der Waals surface area contributed by atoms with Gasteiger partial charge in [-0.05, 0) is 18.2 Å². The minimum atomic E-state index is -0.470. The van der Waals surface area contributed by atoms with Crippen LogP contribution in [0.1, 0.15) is 0 Å². The molecule has 100 valence electrons. The summed E-state index contributed by atoms with van der Waals surface area (Å²) in [4.78, 5) is 4.60. The van der Waals surface area contributed by atoms with Crippen molar-refractivity contribution in [2.24, 2.45) is 0 Å². The van der Waals surface area contributed by atoms with Crippen LogP contribution in [0.25, 0.3) is 31.2 Å². The van der Waals surface area contributed by atoms with Gasteiger partial charge < -0.3 is 9.72 Å². The molecule has 0 aliphatic heterocycles. The Kier molecular flexibility index (Phi) is 2.63. The van der Waals surface area contributed by atoms with E-state index in [4.69, 9.17) is 4.74 Å². The Balaban J connectivity index is 1.96. The number of ether oxygens (including phenoxy) is 1. The Labute approximate surface area is 118 Å². The average Bonchev–Trinajstić information content (AvgIpc) is 2.99. The third-order valence-corrected chi connectivity index (χ3v) is 4.54. The fourth-order valence-corrected chi connectivity index (χ4v) is 3.74. The van der Waals surface area contributed by atoms with E-state index in [1.54, 1.807) is 11.3 Å². The highest BCUT2D eigenvalue weighted by atomic mass is 32.1. The van der Waals surface area contributed by atoms with E-state index in [0.29, 0.717) is 5.75 Å². The van der Waals surface area contributed by atoms with Crippen LogP contribution in [-0.4, -0.2) is 18.3 Å². The first-order valence-corrected chi connectivity index (χ1v) is 7.30. The van der Waals surface area contributed by atoms with Crippen LogP contribution in [0.15, 0.2) is 42.5 Å². The Morgan fingerprint density at radius 1 is 1.10 bits per heavy atom. The lowest BCUT2D eigenvalue weighted by atomic mass is 10.1. The van der Waals surface area contributed by atoms with Crippen molar-refractivity contribution in [1.29, 1.82) is 0 Å². The second-order valence-corrected chi connectivity index (χ2v) is 5.72. The number of H-pyrrole nitrogens is 1. The molecule has 2 nitrogen and oxygen atoms in total. The predicted octanol–water partition coefficient (Wildman–Crippen LogP) is 4.88. The zero-order valence-electron chi connectivity index (χ0n) is 10.7. The lowest BCUT2D eigenvalue weighted by molar-refractivity contribution is 0.273. The number of nitrogens with one attached hydrogen (secondary N) is 1. The molecule has 2 aromatic heterocycles. The first-order chi connectivity index (χ1) is 9.86. The predicted molar refractivity (Wildman–Crippen MR) is 82.7 cm³/mol. The summed E-state index contributed by atoms with van der Waals surface area (Å²) < 4.78 is 18.8. The third-order valence-electron chi connectivity index (χ3n) is 3.45. The molecular formula is C16H12FNOS. The van der Waals surface area contributed by atoms with Crippen LogP contribution in [-0.2, 0) is 0 Å². The van der Waals surface area contributed by atoms with Gasteiger partial charge in [-0.2, -0.15) is 0 Å². The van der Waals surface area contributed by atoms with Crippen LogP contribution < -0.4 is 4.74 Å². The van der Waals surface area contributed by atoms with Crippen molar-refractivity contribution in [2.45, 2.75) is 0 Å². The fraction of sp³-hybridized carbons (Fsp3) is 0.125. The number of aromatic nitrogens is 1. The van der Waals surface area contributed by atoms with Crippen LogP contribution >= 0.6 is 11.3 Å². The molecule has 2 heterocycles. The van der Waals surface area contributed by atoms with Gasteiger partial charge in [-0.15, -0.1) is 11.3 Å². The molecule has 1 N–H and O–H groups in total. The number of hydrogen-bond acceptors (Lipinski definition) is 2. The summed E-state index contributed by atoms with van der Waals surface area (Å²) in [5.41, 5.74) is 1.04. The molecule has 0 unspecified atom stereocenters. The monoisotopic (exact) mass is 285 g/mol. The first kappa shape index (κ1) is 11.7. The molecule has 0 atom stereocenters. The van der Waals surface area contributed by atoms with E-state index in [1.165, 1.54) is 25.7 Å². The van der Waals surface area contributed by atoms with Gasteiger partial charge in [0.05, 0.1) is 5.52 Å². The maximum atomic E-state index is 12.2. The number of hydrogen-bond donors (Lipinski definition) is 1. The first-order valence-electron chi connectivity index (χ1n) is 6.48. The van der Waals surface area contributed by atoms with E-state index in [1.807, 2.05) is 18.2 Å². The summed E-state index contributed by atoms with van der Waals surface area (Å²) >= 11 is 1.75. The van der Waals surface area contributed by atoms with E-state index in [-0.39, 0.29) is 6.61 Å². The van der Waals surface area contributed by atoms with Crippen LogP contribution in [0.5, 0.6) is 5.75 Å². The number of rotatable bonds is 3. The maximum Gasteiger partial charge on any atom is 0.123 e. The number of halogens is 1. The Morgan fingerprint density at radius 2 is 2.00 bits per heavy atom. The average molecular weight is 285 g/mol. The highest BCUT2D eigenvalue weighted by molar-refractivity contribution is 7.25. The number of alkyl halides is 1. The van der Waals surface area contributed by atoms with Gasteiger partial charge in [-0.3, -0.25) is 0 Å². The Hall–Kier alpha value is -2.07. The minimum Gasteiger partial charge on any atom is -0.491 e. The van der Waals surface area contributed by atoms with E-state index in [2.05, 4.69) is 29.2 Å². The Bertz CT molecular complexity index is 909. The SMILES string of the molecule is FCCOc1ccc2c(c1)[nH]c1sc3ccccc3c12. The molecule has 4 heteroatoms.